The normalized spacial score (nSPS) is 12.2. The van der Waals surface area contributed by atoms with E-state index in [0.717, 1.165) is 35.4 Å². The van der Waals surface area contributed by atoms with Crippen LogP contribution in [0.4, 0.5) is 0 Å². The Bertz CT molecular complexity index is 932. The molecule has 0 aliphatic heterocycles. The monoisotopic (exact) mass is 2050 g/mol. The second-order valence-electron chi connectivity index (χ2n) is 16.2. The molecule has 0 spiro atoms. The summed E-state index contributed by atoms with van der Waals surface area (Å²) in [6.07, 6.45) is -3.15. The van der Waals surface area contributed by atoms with Crippen LogP contribution in [-0.2, 0) is 99.5 Å². The summed E-state index contributed by atoms with van der Waals surface area (Å²) in [6, 6.07) is 0. The number of hydrogen-bond donors (Lipinski definition) is 0. The molecule has 0 aromatic carbocycles. The summed E-state index contributed by atoms with van der Waals surface area (Å²) in [5, 5.41) is 0. The van der Waals surface area contributed by atoms with E-state index >= 15 is 0 Å². The molecule has 0 unspecified atom stereocenters. The van der Waals surface area contributed by atoms with Crippen molar-refractivity contribution < 1.29 is 99.5 Å². The lowest BCUT2D eigenvalue weighted by atomic mass is 10.3. The van der Waals surface area contributed by atoms with Gasteiger partial charge in [-0.3, -0.25) is 0 Å². The largest absolute Gasteiger partial charge is 0.378 e. The first-order valence-electron chi connectivity index (χ1n) is 26.8. The Hall–Kier alpha value is 5.00. The molecule has 29 heteroatoms. The van der Waals surface area contributed by atoms with E-state index in [1.54, 1.807) is 0 Å². The summed E-state index contributed by atoms with van der Waals surface area (Å²) in [6.45, 7) is 14.6. The predicted molar refractivity (Wildman–Crippen MR) is 372 cm³/mol. The van der Waals surface area contributed by atoms with Gasteiger partial charge in [-0.25, -0.2) is 0 Å². The second-order valence-corrected chi connectivity index (χ2v) is 24.8. The topological polar surface area (TPSA) is 194 Å². The molecule has 0 heterocycles. The fourth-order valence-electron chi connectivity index (χ4n) is 5.99. The Morgan fingerprint density at radius 3 is 0.430 bits per heavy atom. The van der Waals surface area contributed by atoms with E-state index in [1.807, 2.05) is 0 Å². The highest BCUT2D eigenvalue weighted by Crippen LogP contribution is 2.12. The molecule has 0 amide bonds. The highest BCUT2D eigenvalue weighted by molar-refractivity contribution is 14.1. The van der Waals surface area contributed by atoms with Gasteiger partial charge in [0.05, 0.1) is 238 Å². The highest BCUT2D eigenvalue weighted by atomic mass is 127. The van der Waals surface area contributed by atoms with Crippen LogP contribution in [0.25, 0.3) is 0 Å². The third-order valence-electron chi connectivity index (χ3n) is 9.63. The molecule has 0 bridgehead atoms. The summed E-state index contributed by atoms with van der Waals surface area (Å²) in [5.41, 5.74) is 0. The minimum atomic E-state index is -0.660. The third kappa shape index (κ3) is 63.0. The standard InChI is InChI=1S/C50H94I8O21/c51-1-9-59-17-25-67-33-45(34-68-26-18-60-10-2-52)75-41-49(42-76-46(35-69-27-19-61-11-3-53)36-70-28-20-62-12-4-54)79-50(43-77-47(37-71-29-21-63-13-5-55)38-72-30-22-64-14-6-56)44-78-48(39-73-31-23-65-15-7-57)40-74-32-24-66-16-8-58/h45-50H,1-44H2. The summed E-state index contributed by atoms with van der Waals surface area (Å²) < 4.78 is 135. The molecule has 21 nitrogen and oxygen atoms in total. The van der Waals surface area contributed by atoms with Gasteiger partial charge in [-0.15, -0.1) is 0 Å². The van der Waals surface area contributed by atoms with E-state index < -0.39 is 36.6 Å². The number of ether oxygens (including phenoxy) is 21. The third-order valence-corrected chi connectivity index (χ3v) is 13.2. The maximum Gasteiger partial charge on any atom is 0.105 e. The van der Waals surface area contributed by atoms with Crippen molar-refractivity contribution in [2.45, 2.75) is 36.6 Å². The van der Waals surface area contributed by atoms with Crippen LogP contribution < -0.4 is 0 Å². The van der Waals surface area contributed by atoms with Crippen LogP contribution in [0.5, 0.6) is 0 Å². The van der Waals surface area contributed by atoms with Crippen LogP contribution in [-0.4, -0.2) is 310 Å². The smallest absolute Gasteiger partial charge is 0.105 e. The number of hydrogen-bond acceptors (Lipinski definition) is 21. The minimum absolute atomic E-state index is 0.0987. The summed E-state index contributed by atoms with van der Waals surface area (Å²) in [4.78, 5) is 0. The average molecular weight is 2050 g/mol. The molecule has 0 rings (SSSR count). The first-order chi connectivity index (χ1) is 39.0. The summed E-state index contributed by atoms with van der Waals surface area (Å²) in [7, 11) is 0. The van der Waals surface area contributed by atoms with Gasteiger partial charge in [-0.1, -0.05) is 181 Å². The highest BCUT2D eigenvalue weighted by Gasteiger charge is 2.26. The van der Waals surface area contributed by atoms with Crippen molar-refractivity contribution in [1.82, 2.24) is 0 Å². The maximum atomic E-state index is 7.02. The van der Waals surface area contributed by atoms with E-state index in [1.165, 1.54) is 0 Å². The van der Waals surface area contributed by atoms with E-state index in [2.05, 4.69) is 181 Å². The molecule has 0 N–H and O–H groups in total. The van der Waals surface area contributed by atoms with Crippen molar-refractivity contribution >= 4 is 181 Å². The van der Waals surface area contributed by atoms with Crippen molar-refractivity contribution in [2.24, 2.45) is 0 Å². The maximum absolute atomic E-state index is 7.02. The van der Waals surface area contributed by atoms with Crippen molar-refractivity contribution in [3.63, 3.8) is 0 Å². The molecule has 79 heavy (non-hydrogen) atoms. The van der Waals surface area contributed by atoms with Gasteiger partial charge < -0.3 is 99.5 Å². The van der Waals surface area contributed by atoms with Crippen LogP contribution in [0, 0.1) is 0 Å². The van der Waals surface area contributed by atoms with Crippen LogP contribution in [0.2, 0.25) is 0 Å². The molecule has 0 atom stereocenters. The lowest BCUT2D eigenvalue weighted by Gasteiger charge is -2.30. The van der Waals surface area contributed by atoms with Crippen molar-refractivity contribution in [3.8, 4) is 0 Å². The van der Waals surface area contributed by atoms with Gasteiger partial charge in [-0.2, -0.15) is 0 Å². The molecule has 0 saturated carbocycles. The number of halogens is 8. The van der Waals surface area contributed by atoms with Crippen LogP contribution in [0.15, 0.2) is 0 Å². The van der Waals surface area contributed by atoms with Gasteiger partial charge in [0, 0.05) is 35.4 Å². The number of rotatable bonds is 70. The zero-order valence-electron chi connectivity index (χ0n) is 46.2. The Morgan fingerprint density at radius 1 is 0.152 bits per heavy atom. The van der Waals surface area contributed by atoms with Gasteiger partial charge in [-0.05, 0) is 0 Å². The quantitative estimate of drug-likeness (QED) is 0.0342. The molecule has 0 aliphatic rings. The van der Waals surface area contributed by atoms with Crippen LogP contribution >= 0.6 is 181 Å². The molecule has 0 fully saturated rings. The first kappa shape index (κ1) is 84.0. The van der Waals surface area contributed by atoms with E-state index in [-0.39, 0.29) is 79.3 Å². The average Bonchev–Trinajstić information content (AvgIpc) is 3.46. The molecule has 0 aliphatic carbocycles. The molecule has 0 aromatic heterocycles. The van der Waals surface area contributed by atoms with Crippen LogP contribution in [0.1, 0.15) is 0 Å². The summed E-state index contributed by atoms with van der Waals surface area (Å²) >= 11 is 18.3. The van der Waals surface area contributed by atoms with E-state index in [4.69, 9.17) is 99.5 Å². The van der Waals surface area contributed by atoms with Gasteiger partial charge >= 0.3 is 0 Å². The van der Waals surface area contributed by atoms with Gasteiger partial charge in [0.25, 0.3) is 0 Å². The molecule has 0 saturated heterocycles. The second kappa shape index (κ2) is 72.1. The predicted octanol–water partition coefficient (Wildman–Crippen LogP) is 7.03. The molecule has 476 valence electrons. The van der Waals surface area contributed by atoms with E-state index in [9.17, 15) is 0 Å². The van der Waals surface area contributed by atoms with E-state index in [0.29, 0.717) is 159 Å². The lowest BCUT2D eigenvalue weighted by molar-refractivity contribution is -0.179. The van der Waals surface area contributed by atoms with Crippen molar-refractivity contribution in [1.29, 1.82) is 0 Å². The Morgan fingerprint density at radius 2 is 0.291 bits per heavy atom. The molecule has 0 radical (unpaired) electrons. The lowest BCUT2D eigenvalue weighted by Crippen LogP contribution is -2.42. The fraction of sp³-hybridized carbons (Fsp3) is 1.00. The van der Waals surface area contributed by atoms with Gasteiger partial charge in [0.15, 0.2) is 0 Å². The molecule has 0 aromatic rings. The van der Waals surface area contributed by atoms with Gasteiger partial charge in [0.1, 0.15) is 36.6 Å². The molecular formula is C50H94I8O21. The first-order valence-corrected chi connectivity index (χ1v) is 39.0. The zero-order chi connectivity index (χ0) is 57.4. The number of alkyl halides is 8. The van der Waals surface area contributed by atoms with Gasteiger partial charge in [0.2, 0.25) is 0 Å². The van der Waals surface area contributed by atoms with Crippen molar-refractivity contribution in [3.05, 3.63) is 0 Å². The minimum Gasteiger partial charge on any atom is -0.378 e. The Kier molecular flexibility index (Phi) is 76.6. The fourth-order valence-corrected chi connectivity index (χ4v) is 8.48. The zero-order valence-corrected chi connectivity index (χ0v) is 63.4. The molecular weight excluding hydrogens is 1950 g/mol. The van der Waals surface area contributed by atoms with Crippen LogP contribution in [0.3, 0.4) is 0 Å². The Balaban J connectivity index is 6.95. The van der Waals surface area contributed by atoms with Crippen molar-refractivity contribution in [2.75, 3.05) is 273 Å². The SMILES string of the molecule is ICCOCCOCC(COCCOCCI)OCC(COC(COCCOCCI)COCCOCCI)OC(COC(COCCOCCI)COCCOCCI)COC(COCCOCCI)COCCOCCI. The Labute approximate surface area is 582 Å². The summed E-state index contributed by atoms with van der Waals surface area (Å²) in [5.74, 6) is 0.